The van der Waals surface area contributed by atoms with E-state index in [0.29, 0.717) is 6.04 Å². The lowest BCUT2D eigenvalue weighted by molar-refractivity contribution is 0.108. The molecule has 3 rings (SSSR count). The second-order valence-electron chi connectivity index (χ2n) is 5.25. The number of imidazole rings is 1. The van der Waals surface area contributed by atoms with Crippen LogP contribution >= 0.6 is 12.2 Å². The summed E-state index contributed by atoms with van der Waals surface area (Å²) in [6, 6.07) is 0.311. The molecule has 2 unspecified atom stereocenters. The molecular weight excluding hydrogens is 260 g/mol. The molecule has 6 heteroatoms. The standard InChI is InChI=1S/C13H20N4OS/c1-4-5-9-11-12(16(3)15-9)17(13(19)14-11)10-6-7-18-8(10)2/h8,10H,4-7H2,1-3H3,(H,14,19). The van der Waals surface area contributed by atoms with Crippen LogP contribution in [-0.4, -0.2) is 32.0 Å². The number of hydrogen-bond donors (Lipinski definition) is 1. The van der Waals surface area contributed by atoms with Crippen LogP contribution in [0.4, 0.5) is 0 Å². The molecule has 104 valence electrons. The van der Waals surface area contributed by atoms with Crippen molar-refractivity contribution >= 4 is 23.4 Å². The first kappa shape index (κ1) is 12.9. The van der Waals surface area contributed by atoms with Gasteiger partial charge < -0.3 is 9.72 Å². The molecular formula is C13H20N4OS. The highest BCUT2D eigenvalue weighted by atomic mass is 32.1. The molecule has 1 fully saturated rings. The Morgan fingerprint density at radius 2 is 2.32 bits per heavy atom. The number of ether oxygens (including phenoxy) is 1. The van der Waals surface area contributed by atoms with Crippen molar-refractivity contribution in [3.8, 4) is 0 Å². The molecule has 0 saturated carbocycles. The van der Waals surface area contributed by atoms with Crippen LogP contribution in [0, 0.1) is 4.77 Å². The molecule has 0 radical (unpaired) electrons. The number of nitrogens with one attached hydrogen (secondary N) is 1. The van der Waals surface area contributed by atoms with Gasteiger partial charge in [0, 0.05) is 13.7 Å². The highest BCUT2D eigenvalue weighted by Crippen LogP contribution is 2.30. The normalized spacial score (nSPS) is 23.5. The minimum absolute atomic E-state index is 0.204. The van der Waals surface area contributed by atoms with Gasteiger partial charge in [-0.3, -0.25) is 9.25 Å². The molecule has 0 bridgehead atoms. The summed E-state index contributed by atoms with van der Waals surface area (Å²) in [6.07, 6.45) is 3.27. The SMILES string of the molecule is CCCc1nn(C)c2c1[nH]c(=S)n2C1CCOC1C. The Morgan fingerprint density at radius 1 is 1.53 bits per heavy atom. The van der Waals surface area contributed by atoms with E-state index in [4.69, 9.17) is 17.0 Å². The number of hydrogen-bond acceptors (Lipinski definition) is 3. The van der Waals surface area contributed by atoms with Crippen LogP contribution in [0.3, 0.4) is 0 Å². The summed E-state index contributed by atoms with van der Waals surface area (Å²) in [5.74, 6) is 0. The quantitative estimate of drug-likeness (QED) is 0.879. The van der Waals surface area contributed by atoms with E-state index in [2.05, 4.69) is 28.5 Å². The van der Waals surface area contributed by atoms with Crippen molar-refractivity contribution < 1.29 is 4.74 Å². The van der Waals surface area contributed by atoms with Gasteiger partial charge in [0.2, 0.25) is 0 Å². The van der Waals surface area contributed by atoms with Gasteiger partial charge in [-0.25, -0.2) is 0 Å². The van der Waals surface area contributed by atoms with Gasteiger partial charge in [0.05, 0.1) is 17.8 Å². The summed E-state index contributed by atoms with van der Waals surface area (Å²) in [6.45, 7) is 5.08. The van der Waals surface area contributed by atoms with E-state index in [1.807, 2.05) is 11.7 Å². The molecule has 2 atom stereocenters. The third-order valence-corrected chi connectivity index (χ3v) is 4.22. The summed E-state index contributed by atoms with van der Waals surface area (Å²) in [5.41, 5.74) is 3.29. The van der Waals surface area contributed by atoms with Gasteiger partial charge in [0.15, 0.2) is 10.4 Å². The average Bonchev–Trinajstić information content (AvgIpc) is 2.98. The molecule has 1 aliphatic heterocycles. The second-order valence-corrected chi connectivity index (χ2v) is 5.64. The zero-order valence-electron chi connectivity index (χ0n) is 11.6. The molecule has 5 nitrogen and oxygen atoms in total. The van der Waals surface area contributed by atoms with Crippen molar-refractivity contribution in [1.29, 1.82) is 0 Å². The number of H-pyrrole nitrogens is 1. The molecule has 1 aliphatic rings. The molecule has 0 spiro atoms. The van der Waals surface area contributed by atoms with Gasteiger partial charge in [-0.2, -0.15) is 5.10 Å². The van der Waals surface area contributed by atoms with Crippen molar-refractivity contribution in [2.24, 2.45) is 7.05 Å². The van der Waals surface area contributed by atoms with Crippen LogP contribution in [-0.2, 0) is 18.2 Å². The average molecular weight is 280 g/mol. The molecule has 2 aromatic rings. The second kappa shape index (κ2) is 4.76. The van der Waals surface area contributed by atoms with E-state index in [1.165, 1.54) is 0 Å². The molecule has 0 aliphatic carbocycles. The van der Waals surface area contributed by atoms with E-state index >= 15 is 0 Å². The maximum absolute atomic E-state index is 5.68. The Bertz CT molecular complexity index is 653. The maximum Gasteiger partial charge on any atom is 0.179 e. The largest absolute Gasteiger partial charge is 0.376 e. The predicted molar refractivity (Wildman–Crippen MR) is 77.0 cm³/mol. The third kappa shape index (κ3) is 1.94. The monoisotopic (exact) mass is 280 g/mol. The van der Waals surface area contributed by atoms with Crippen LogP contribution in [0.25, 0.3) is 11.2 Å². The summed E-state index contributed by atoms with van der Waals surface area (Å²) < 4.78 is 10.6. The van der Waals surface area contributed by atoms with E-state index in [9.17, 15) is 0 Å². The van der Waals surface area contributed by atoms with Crippen LogP contribution in [0.15, 0.2) is 0 Å². The van der Waals surface area contributed by atoms with E-state index in [1.54, 1.807) is 0 Å². The lowest BCUT2D eigenvalue weighted by Gasteiger charge is -2.16. The fraction of sp³-hybridized carbons (Fsp3) is 0.692. The van der Waals surface area contributed by atoms with Crippen LogP contribution in [0.1, 0.15) is 38.4 Å². The Hall–Kier alpha value is -1.14. The predicted octanol–water partition coefficient (Wildman–Crippen LogP) is 2.73. The first-order valence-corrected chi connectivity index (χ1v) is 7.32. The highest BCUT2D eigenvalue weighted by Gasteiger charge is 2.29. The first-order valence-electron chi connectivity index (χ1n) is 6.91. The van der Waals surface area contributed by atoms with Crippen molar-refractivity contribution in [3.63, 3.8) is 0 Å². The zero-order chi connectivity index (χ0) is 13.6. The fourth-order valence-corrected chi connectivity index (χ4v) is 3.34. The van der Waals surface area contributed by atoms with Gasteiger partial charge in [-0.15, -0.1) is 0 Å². The molecule has 2 aromatic heterocycles. The lowest BCUT2D eigenvalue weighted by atomic mass is 10.1. The Kier molecular flexibility index (Phi) is 3.22. The van der Waals surface area contributed by atoms with E-state index < -0.39 is 0 Å². The minimum Gasteiger partial charge on any atom is -0.376 e. The minimum atomic E-state index is 0.204. The van der Waals surface area contributed by atoms with Crippen LogP contribution in [0.2, 0.25) is 0 Å². The van der Waals surface area contributed by atoms with E-state index in [-0.39, 0.29) is 6.10 Å². The van der Waals surface area contributed by atoms with Gasteiger partial charge in [-0.1, -0.05) is 13.3 Å². The molecule has 0 amide bonds. The smallest absolute Gasteiger partial charge is 0.179 e. The Morgan fingerprint density at radius 3 is 2.95 bits per heavy atom. The zero-order valence-corrected chi connectivity index (χ0v) is 12.5. The lowest BCUT2D eigenvalue weighted by Crippen LogP contribution is -2.18. The topological polar surface area (TPSA) is 47.8 Å². The van der Waals surface area contributed by atoms with Crippen molar-refractivity contribution in [2.75, 3.05) is 6.61 Å². The van der Waals surface area contributed by atoms with Crippen molar-refractivity contribution in [1.82, 2.24) is 19.3 Å². The molecule has 0 aromatic carbocycles. The highest BCUT2D eigenvalue weighted by molar-refractivity contribution is 7.71. The van der Waals surface area contributed by atoms with Gasteiger partial charge >= 0.3 is 0 Å². The van der Waals surface area contributed by atoms with Gasteiger partial charge in [0.25, 0.3) is 0 Å². The number of aromatic amines is 1. The van der Waals surface area contributed by atoms with Crippen LogP contribution in [0.5, 0.6) is 0 Å². The third-order valence-electron chi connectivity index (χ3n) is 3.92. The number of fused-ring (bicyclic) bond motifs is 1. The summed E-state index contributed by atoms with van der Waals surface area (Å²) in [5, 5.41) is 4.62. The number of aryl methyl sites for hydroxylation is 2. The maximum atomic E-state index is 5.68. The molecule has 19 heavy (non-hydrogen) atoms. The number of aromatic nitrogens is 4. The summed E-state index contributed by atoms with van der Waals surface area (Å²) in [7, 11) is 1.99. The van der Waals surface area contributed by atoms with Crippen molar-refractivity contribution in [2.45, 2.75) is 45.3 Å². The van der Waals surface area contributed by atoms with Crippen molar-refractivity contribution in [3.05, 3.63) is 10.5 Å². The van der Waals surface area contributed by atoms with Gasteiger partial charge in [0.1, 0.15) is 5.52 Å². The number of rotatable bonds is 3. The van der Waals surface area contributed by atoms with E-state index in [0.717, 1.165) is 47.5 Å². The molecule has 3 heterocycles. The van der Waals surface area contributed by atoms with Crippen LogP contribution < -0.4 is 0 Å². The van der Waals surface area contributed by atoms with Gasteiger partial charge in [-0.05, 0) is 32.0 Å². The fourth-order valence-electron chi connectivity index (χ4n) is 3.02. The Labute approximate surface area is 117 Å². The number of nitrogens with zero attached hydrogens (tertiary/aromatic N) is 3. The molecule has 1 N–H and O–H groups in total. The summed E-state index contributed by atoms with van der Waals surface area (Å²) >= 11 is 5.51. The summed E-state index contributed by atoms with van der Waals surface area (Å²) in [4.78, 5) is 3.34. The first-order chi connectivity index (χ1) is 9.13. The molecule has 1 saturated heterocycles. The Balaban J connectivity index is 2.19.